The van der Waals surface area contributed by atoms with Crippen molar-refractivity contribution in [2.75, 3.05) is 13.6 Å². The molecule has 0 aromatic heterocycles. The molecule has 5 nitrogen and oxygen atoms in total. The van der Waals surface area contributed by atoms with Crippen LogP contribution in [0.25, 0.3) is 0 Å². The highest BCUT2D eigenvalue weighted by Crippen LogP contribution is 2.23. The van der Waals surface area contributed by atoms with E-state index in [-0.39, 0.29) is 5.41 Å². The Morgan fingerprint density at radius 1 is 1.33 bits per heavy atom. The van der Waals surface area contributed by atoms with Gasteiger partial charge >= 0.3 is 12.0 Å². The second-order valence-electron chi connectivity index (χ2n) is 6.16. The van der Waals surface area contributed by atoms with Gasteiger partial charge in [0.1, 0.15) is 0 Å². The summed E-state index contributed by atoms with van der Waals surface area (Å²) < 4.78 is 0. The van der Waals surface area contributed by atoms with Gasteiger partial charge in [0.25, 0.3) is 0 Å². The molecule has 0 fully saturated rings. The first kappa shape index (κ1) is 17.3. The number of urea groups is 1. The third-order valence-electron chi connectivity index (χ3n) is 2.79. The molecule has 0 aliphatic heterocycles. The largest absolute Gasteiger partial charge is 0.479 e. The Bertz CT molecular complexity index is 526. The van der Waals surface area contributed by atoms with Crippen LogP contribution in [0.15, 0.2) is 24.3 Å². The number of hydrogen-bond acceptors (Lipinski definition) is 2. The normalized spacial score (nSPS) is 12.6. The Labute approximate surface area is 129 Å². The maximum absolute atomic E-state index is 12.1. The van der Waals surface area contributed by atoms with Gasteiger partial charge < -0.3 is 15.3 Å². The van der Waals surface area contributed by atoms with Gasteiger partial charge in [-0.05, 0) is 11.5 Å². The van der Waals surface area contributed by atoms with Crippen LogP contribution in [-0.4, -0.2) is 35.6 Å². The number of nitrogens with zero attached hydrogens (tertiary/aromatic N) is 1. The summed E-state index contributed by atoms with van der Waals surface area (Å²) in [7, 11) is 1.63. The number of aliphatic carboxylic acids is 1. The van der Waals surface area contributed by atoms with E-state index >= 15 is 0 Å². The Kier molecular flexibility index (Phi) is 5.61. The van der Waals surface area contributed by atoms with Crippen molar-refractivity contribution in [3.63, 3.8) is 0 Å². The van der Waals surface area contributed by atoms with Crippen molar-refractivity contribution in [3.05, 3.63) is 34.9 Å². The number of rotatable bonds is 4. The van der Waals surface area contributed by atoms with Gasteiger partial charge in [-0.1, -0.05) is 50.6 Å². The number of benzene rings is 1. The summed E-state index contributed by atoms with van der Waals surface area (Å²) in [6, 6.07) is 4.95. The predicted octanol–water partition coefficient (Wildman–Crippen LogP) is 3.15. The van der Waals surface area contributed by atoms with Crippen molar-refractivity contribution in [2.24, 2.45) is 5.41 Å². The molecule has 0 heterocycles. The molecular formula is C15H21ClN2O3. The average Bonchev–Trinajstić information content (AvgIpc) is 2.34. The van der Waals surface area contributed by atoms with Gasteiger partial charge in [-0.2, -0.15) is 0 Å². The van der Waals surface area contributed by atoms with Crippen molar-refractivity contribution in [2.45, 2.75) is 26.8 Å². The number of carboxylic acid groups (broad SMARTS) is 1. The van der Waals surface area contributed by atoms with Crippen LogP contribution >= 0.6 is 11.6 Å². The van der Waals surface area contributed by atoms with Crippen LogP contribution in [0.5, 0.6) is 0 Å². The van der Waals surface area contributed by atoms with Crippen molar-refractivity contribution in [1.29, 1.82) is 0 Å². The highest BCUT2D eigenvalue weighted by molar-refractivity contribution is 6.31. The Balaban J connectivity index is 2.88. The van der Waals surface area contributed by atoms with Gasteiger partial charge in [0.2, 0.25) is 0 Å². The molecule has 0 aliphatic rings. The quantitative estimate of drug-likeness (QED) is 0.897. The minimum absolute atomic E-state index is 0.0742. The molecule has 1 atom stereocenters. The van der Waals surface area contributed by atoms with Crippen LogP contribution in [0.2, 0.25) is 5.02 Å². The molecule has 21 heavy (non-hydrogen) atoms. The summed E-state index contributed by atoms with van der Waals surface area (Å²) in [4.78, 5) is 25.0. The van der Waals surface area contributed by atoms with Gasteiger partial charge in [0, 0.05) is 24.2 Å². The number of carboxylic acids is 1. The summed E-state index contributed by atoms with van der Waals surface area (Å²) in [5, 5.41) is 12.1. The van der Waals surface area contributed by atoms with E-state index in [4.69, 9.17) is 11.6 Å². The first-order chi connectivity index (χ1) is 9.61. The van der Waals surface area contributed by atoms with Crippen LogP contribution in [0.4, 0.5) is 4.79 Å². The highest BCUT2D eigenvalue weighted by Gasteiger charge is 2.26. The van der Waals surface area contributed by atoms with Crippen LogP contribution in [0, 0.1) is 5.41 Å². The summed E-state index contributed by atoms with van der Waals surface area (Å²) in [5.74, 6) is -1.15. The molecule has 0 unspecified atom stereocenters. The topological polar surface area (TPSA) is 69.6 Å². The fourth-order valence-electron chi connectivity index (χ4n) is 2.00. The summed E-state index contributed by atoms with van der Waals surface area (Å²) >= 11 is 6.00. The van der Waals surface area contributed by atoms with Crippen molar-refractivity contribution < 1.29 is 14.7 Å². The molecule has 1 aromatic carbocycles. The zero-order valence-electron chi connectivity index (χ0n) is 12.7. The van der Waals surface area contributed by atoms with Gasteiger partial charge in [0.05, 0.1) is 0 Å². The lowest BCUT2D eigenvalue weighted by molar-refractivity contribution is -0.139. The molecule has 0 saturated carbocycles. The number of amides is 2. The summed E-state index contributed by atoms with van der Waals surface area (Å²) in [6.07, 6.45) is 0. The minimum atomic E-state index is -1.17. The molecule has 0 aliphatic carbocycles. The van der Waals surface area contributed by atoms with Crippen LogP contribution in [-0.2, 0) is 4.79 Å². The lowest BCUT2D eigenvalue weighted by atomic mass is 9.96. The number of halogens is 1. The van der Waals surface area contributed by atoms with E-state index in [9.17, 15) is 14.7 Å². The Morgan fingerprint density at radius 3 is 2.38 bits per heavy atom. The number of hydrogen-bond donors (Lipinski definition) is 2. The van der Waals surface area contributed by atoms with E-state index < -0.39 is 18.0 Å². The van der Waals surface area contributed by atoms with Crippen LogP contribution in [0.3, 0.4) is 0 Å². The van der Waals surface area contributed by atoms with E-state index in [1.165, 1.54) is 4.90 Å². The molecular weight excluding hydrogens is 292 g/mol. The van der Waals surface area contributed by atoms with E-state index in [1.807, 2.05) is 20.8 Å². The standard InChI is InChI=1S/C15H21ClN2O3/c1-15(2,3)9-18(4)14(21)17-12(13(19)20)10-7-5-6-8-11(10)16/h5-8,12H,9H2,1-4H3,(H,17,21)(H,19,20)/t12-/m1/s1. The highest BCUT2D eigenvalue weighted by atomic mass is 35.5. The molecule has 1 rings (SSSR count). The van der Waals surface area contributed by atoms with Crippen molar-refractivity contribution in [1.82, 2.24) is 10.2 Å². The third-order valence-corrected chi connectivity index (χ3v) is 3.13. The maximum atomic E-state index is 12.1. The van der Waals surface area contributed by atoms with Crippen molar-refractivity contribution >= 4 is 23.6 Å². The monoisotopic (exact) mass is 312 g/mol. The lowest BCUT2D eigenvalue weighted by Gasteiger charge is -2.28. The molecule has 116 valence electrons. The van der Waals surface area contributed by atoms with E-state index in [1.54, 1.807) is 31.3 Å². The summed E-state index contributed by atoms with van der Waals surface area (Å²) in [5.41, 5.74) is 0.291. The van der Waals surface area contributed by atoms with Gasteiger partial charge in [-0.25, -0.2) is 9.59 Å². The fraction of sp³-hybridized carbons (Fsp3) is 0.467. The predicted molar refractivity (Wildman–Crippen MR) is 82.4 cm³/mol. The molecule has 0 radical (unpaired) electrons. The fourth-order valence-corrected chi connectivity index (χ4v) is 2.24. The second-order valence-corrected chi connectivity index (χ2v) is 6.57. The molecule has 2 amide bonds. The van der Waals surface area contributed by atoms with Crippen LogP contribution in [0.1, 0.15) is 32.4 Å². The number of nitrogens with one attached hydrogen (secondary N) is 1. The maximum Gasteiger partial charge on any atom is 0.331 e. The third kappa shape index (κ3) is 5.27. The van der Waals surface area contributed by atoms with E-state index in [0.29, 0.717) is 17.1 Å². The average molecular weight is 313 g/mol. The van der Waals surface area contributed by atoms with E-state index in [2.05, 4.69) is 5.32 Å². The van der Waals surface area contributed by atoms with Gasteiger partial charge in [-0.3, -0.25) is 0 Å². The number of carbonyl (C=O) groups excluding carboxylic acids is 1. The second kappa shape index (κ2) is 6.80. The molecule has 0 saturated heterocycles. The lowest BCUT2D eigenvalue weighted by Crippen LogP contribution is -2.44. The van der Waals surface area contributed by atoms with Crippen LogP contribution < -0.4 is 5.32 Å². The molecule has 2 N–H and O–H groups in total. The summed E-state index contributed by atoms with van der Waals surface area (Å²) in [6.45, 7) is 6.51. The van der Waals surface area contributed by atoms with Gasteiger partial charge in [-0.15, -0.1) is 0 Å². The zero-order chi connectivity index (χ0) is 16.2. The first-order valence-electron chi connectivity index (χ1n) is 6.60. The molecule has 1 aromatic rings. The van der Waals surface area contributed by atoms with Crippen molar-refractivity contribution in [3.8, 4) is 0 Å². The SMILES string of the molecule is CN(CC(C)(C)C)C(=O)N[C@@H](C(=O)O)c1ccccc1Cl. The number of carbonyl (C=O) groups is 2. The molecule has 6 heteroatoms. The van der Waals surface area contributed by atoms with Gasteiger partial charge in [0.15, 0.2) is 6.04 Å². The smallest absolute Gasteiger partial charge is 0.331 e. The first-order valence-corrected chi connectivity index (χ1v) is 6.98. The Hall–Kier alpha value is -1.75. The molecule has 0 spiro atoms. The Morgan fingerprint density at radius 2 is 1.90 bits per heavy atom. The molecule has 0 bridgehead atoms. The van der Waals surface area contributed by atoms with E-state index in [0.717, 1.165) is 0 Å². The zero-order valence-corrected chi connectivity index (χ0v) is 13.4. The minimum Gasteiger partial charge on any atom is -0.479 e.